The minimum Gasteiger partial charge on any atom is -0.323 e. The van der Waals surface area contributed by atoms with Crippen LogP contribution in [0, 0.1) is 17.0 Å². The zero-order valence-corrected chi connectivity index (χ0v) is 12.3. The van der Waals surface area contributed by atoms with Crippen molar-refractivity contribution in [2.45, 2.75) is 19.1 Å². The van der Waals surface area contributed by atoms with Gasteiger partial charge >= 0.3 is 6.03 Å². The summed E-state index contributed by atoms with van der Waals surface area (Å²) in [6, 6.07) is 4.45. The van der Waals surface area contributed by atoms with Crippen molar-refractivity contribution in [3.8, 4) is 0 Å². The van der Waals surface area contributed by atoms with E-state index in [2.05, 4.69) is 12.2 Å². The first-order chi connectivity index (χ1) is 9.47. The lowest BCUT2D eigenvalue weighted by atomic mass is 10.2. The Balaban J connectivity index is 2.04. The predicted molar refractivity (Wildman–Crippen MR) is 80.3 cm³/mol. The maximum Gasteiger partial charge on any atom is 0.321 e. The normalized spacial score (nSPS) is 18.7. The summed E-state index contributed by atoms with van der Waals surface area (Å²) in [5.74, 6) is 0.938. The molecular weight excluding hydrogens is 278 g/mol. The van der Waals surface area contributed by atoms with E-state index in [4.69, 9.17) is 0 Å². The zero-order valence-electron chi connectivity index (χ0n) is 11.5. The molecule has 0 saturated carbocycles. The van der Waals surface area contributed by atoms with Gasteiger partial charge in [-0.1, -0.05) is 6.92 Å². The summed E-state index contributed by atoms with van der Waals surface area (Å²) >= 11 is 1.86. The first-order valence-corrected chi connectivity index (χ1v) is 7.45. The number of nitrogens with one attached hydrogen (secondary N) is 1. The number of urea groups is 1. The van der Waals surface area contributed by atoms with Crippen LogP contribution in [0.3, 0.4) is 0 Å². The molecule has 0 aromatic heterocycles. The molecule has 0 aliphatic carbocycles. The van der Waals surface area contributed by atoms with Crippen molar-refractivity contribution >= 4 is 29.2 Å². The highest BCUT2D eigenvalue weighted by Crippen LogP contribution is 2.23. The monoisotopic (exact) mass is 295 g/mol. The molecule has 2 amide bonds. The summed E-state index contributed by atoms with van der Waals surface area (Å²) < 4.78 is 0. The molecule has 6 nitrogen and oxygen atoms in total. The molecule has 2 rings (SSSR count). The van der Waals surface area contributed by atoms with Gasteiger partial charge in [-0.2, -0.15) is 11.8 Å². The van der Waals surface area contributed by atoms with Crippen molar-refractivity contribution < 1.29 is 9.72 Å². The molecule has 1 aliphatic heterocycles. The van der Waals surface area contributed by atoms with Gasteiger partial charge in [0.1, 0.15) is 0 Å². The van der Waals surface area contributed by atoms with Crippen molar-refractivity contribution in [1.82, 2.24) is 4.90 Å². The van der Waals surface area contributed by atoms with Gasteiger partial charge in [0.15, 0.2) is 0 Å². The number of benzene rings is 1. The molecule has 1 saturated heterocycles. The third kappa shape index (κ3) is 3.41. The molecule has 1 fully saturated rings. The summed E-state index contributed by atoms with van der Waals surface area (Å²) in [4.78, 5) is 24.2. The predicted octanol–water partition coefficient (Wildman–Crippen LogP) is 2.87. The van der Waals surface area contributed by atoms with Gasteiger partial charge in [-0.15, -0.1) is 0 Å². The SMILES string of the molecule is Cc1cc(NC(=O)N2CCSC(C)C2)ccc1[N+](=O)[O-]. The van der Waals surface area contributed by atoms with Crippen LogP contribution in [0.2, 0.25) is 0 Å². The standard InChI is InChI=1S/C13H17N3O3S/c1-9-7-11(3-4-12(9)16(18)19)14-13(17)15-5-6-20-10(2)8-15/h3-4,7,10H,5-6,8H2,1-2H3,(H,14,17). The van der Waals surface area contributed by atoms with Crippen molar-refractivity contribution in [1.29, 1.82) is 0 Å². The van der Waals surface area contributed by atoms with Gasteiger partial charge in [-0.05, 0) is 19.1 Å². The molecule has 0 spiro atoms. The van der Waals surface area contributed by atoms with E-state index in [1.54, 1.807) is 24.0 Å². The van der Waals surface area contributed by atoms with E-state index in [9.17, 15) is 14.9 Å². The van der Waals surface area contributed by atoms with Gasteiger partial charge in [0, 0.05) is 41.4 Å². The molecule has 1 unspecified atom stereocenters. The number of nitro benzene ring substituents is 1. The first-order valence-electron chi connectivity index (χ1n) is 6.40. The van der Waals surface area contributed by atoms with Crippen LogP contribution in [0.15, 0.2) is 18.2 Å². The van der Waals surface area contributed by atoms with Crippen LogP contribution in [0.5, 0.6) is 0 Å². The van der Waals surface area contributed by atoms with Crippen LogP contribution in [0.25, 0.3) is 0 Å². The molecule has 0 radical (unpaired) electrons. The van der Waals surface area contributed by atoms with Crippen LogP contribution in [-0.4, -0.2) is 39.9 Å². The van der Waals surface area contributed by atoms with Gasteiger partial charge in [-0.3, -0.25) is 10.1 Å². The molecule has 1 heterocycles. The van der Waals surface area contributed by atoms with Gasteiger partial charge in [0.25, 0.3) is 5.69 Å². The fourth-order valence-electron chi connectivity index (χ4n) is 2.14. The Morgan fingerprint density at radius 1 is 1.55 bits per heavy atom. The van der Waals surface area contributed by atoms with Gasteiger partial charge in [0.05, 0.1) is 4.92 Å². The molecule has 0 bridgehead atoms. The highest BCUT2D eigenvalue weighted by Gasteiger charge is 2.21. The smallest absolute Gasteiger partial charge is 0.321 e. The number of carbonyl (C=O) groups is 1. The Morgan fingerprint density at radius 2 is 2.30 bits per heavy atom. The van der Waals surface area contributed by atoms with E-state index in [0.29, 0.717) is 16.5 Å². The quantitative estimate of drug-likeness (QED) is 0.672. The molecule has 1 atom stereocenters. The maximum atomic E-state index is 12.1. The number of hydrogen-bond acceptors (Lipinski definition) is 4. The van der Waals surface area contributed by atoms with Gasteiger partial charge < -0.3 is 10.2 Å². The number of nitro groups is 1. The molecule has 1 N–H and O–H groups in total. The number of anilines is 1. The largest absolute Gasteiger partial charge is 0.323 e. The average Bonchev–Trinajstić information content (AvgIpc) is 2.38. The average molecular weight is 295 g/mol. The van der Waals surface area contributed by atoms with Crippen LogP contribution < -0.4 is 5.32 Å². The summed E-state index contributed by atoms with van der Waals surface area (Å²) in [5.41, 5.74) is 1.19. The summed E-state index contributed by atoms with van der Waals surface area (Å²) in [7, 11) is 0. The number of carbonyl (C=O) groups excluding carboxylic acids is 1. The second-order valence-electron chi connectivity index (χ2n) is 4.82. The number of rotatable bonds is 2. The third-order valence-electron chi connectivity index (χ3n) is 3.17. The molecule has 1 aromatic rings. The lowest BCUT2D eigenvalue weighted by molar-refractivity contribution is -0.385. The lowest BCUT2D eigenvalue weighted by Crippen LogP contribution is -2.43. The number of aryl methyl sites for hydroxylation is 1. The van der Waals surface area contributed by atoms with Crippen molar-refractivity contribution in [3.05, 3.63) is 33.9 Å². The maximum absolute atomic E-state index is 12.1. The molecule has 20 heavy (non-hydrogen) atoms. The van der Waals surface area contributed by atoms with Crippen molar-refractivity contribution in [3.63, 3.8) is 0 Å². The number of nitrogens with zero attached hydrogens (tertiary/aromatic N) is 2. The Bertz CT molecular complexity index is 536. The zero-order chi connectivity index (χ0) is 14.7. The van der Waals surface area contributed by atoms with Crippen LogP contribution in [0.1, 0.15) is 12.5 Å². The van der Waals surface area contributed by atoms with E-state index >= 15 is 0 Å². The van der Waals surface area contributed by atoms with Crippen molar-refractivity contribution in [2.75, 3.05) is 24.2 Å². The van der Waals surface area contributed by atoms with Crippen molar-refractivity contribution in [2.24, 2.45) is 0 Å². The number of amides is 2. The minimum atomic E-state index is -0.426. The Hall–Kier alpha value is -1.76. The molecular formula is C13H17N3O3S. The third-order valence-corrected chi connectivity index (χ3v) is 4.31. The minimum absolute atomic E-state index is 0.0611. The fraction of sp³-hybridized carbons (Fsp3) is 0.462. The van der Waals surface area contributed by atoms with Crippen LogP contribution in [-0.2, 0) is 0 Å². The van der Waals surface area contributed by atoms with E-state index in [0.717, 1.165) is 18.8 Å². The topological polar surface area (TPSA) is 75.5 Å². The van der Waals surface area contributed by atoms with E-state index in [-0.39, 0.29) is 11.7 Å². The second-order valence-corrected chi connectivity index (χ2v) is 6.36. The number of hydrogen-bond donors (Lipinski definition) is 1. The van der Waals surface area contributed by atoms with Gasteiger partial charge in [0.2, 0.25) is 0 Å². The second kappa shape index (κ2) is 6.13. The van der Waals surface area contributed by atoms with Crippen LogP contribution in [0.4, 0.5) is 16.2 Å². The molecule has 7 heteroatoms. The fourth-order valence-corrected chi connectivity index (χ4v) is 3.16. The van der Waals surface area contributed by atoms with Crippen LogP contribution >= 0.6 is 11.8 Å². The van der Waals surface area contributed by atoms with E-state index in [1.165, 1.54) is 6.07 Å². The summed E-state index contributed by atoms with van der Waals surface area (Å²) in [6.45, 7) is 5.21. The first kappa shape index (κ1) is 14.6. The Morgan fingerprint density at radius 3 is 2.90 bits per heavy atom. The Labute approximate surface area is 121 Å². The summed E-state index contributed by atoms with van der Waals surface area (Å²) in [5, 5.41) is 14.0. The van der Waals surface area contributed by atoms with E-state index in [1.807, 2.05) is 11.8 Å². The Kier molecular flexibility index (Phi) is 4.49. The summed E-state index contributed by atoms with van der Waals surface area (Å²) in [6.07, 6.45) is 0. The highest BCUT2D eigenvalue weighted by molar-refractivity contribution is 7.99. The lowest BCUT2D eigenvalue weighted by Gasteiger charge is -2.30. The van der Waals surface area contributed by atoms with Gasteiger partial charge in [-0.25, -0.2) is 4.79 Å². The molecule has 1 aliphatic rings. The highest BCUT2D eigenvalue weighted by atomic mass is 32.2. The number of thioether (sulfide) groups is 1. The molecule has 1 aromatic carbocycles. The molecule has 108 valence electrons. The van der Waals surface area contributed by atoms with E-state index < -0.39 is 4.92 Å².